The summed E-state index contributed by atoms with van der Waals surface area (Å²) in [4.78, 5) is 29.0. The van der Waals surface area contributed by atoms with Crippen LogP contribution in [-0.2, 0) is 4.74 Å². The average Bonchev–Trinajstić information content (AvgIpc) is 3.50. The third-order valence-electron chi connectivity index (χ3n) is 6.52. The highest BCUT2D eigenvalue weighted by atomic mass is 19.1. The van der Waals surface area contributed by atoms with Gasteiger partial charge in [0.05, 0.1) is 30.2 Å². The second-order valence-corrected chi connectivity index (χ2v) is 8.40. The molecule has 0 amide bonds. The van der Waals surface area contributed by atoms with Gasteiger partial charge in [0.1, 0.15) is 23.5 Å². The molecule has 6 rings (SSSR count). The number of alkyl halides is 1. The molecule has 1 saturated heterocycles. The maximum absolute atomic E-state index is 15.8. The fourth-order valence-corrected chi connectivity index (χ4v) is 4.77. The molecule has 4 heterocycles. The number of pyridine rings is 2. The van der Waals surface area contributed by atoms with E-state index < -0.39 is 29.5 Å². The van der Waals surface area contributed by atoms with Gasteiger partial charge in [0, 0.05) is 47.4 Å². The molecule has 3 atom stereocenters. The number of benzene rings is 1. The summed E-state index contributed by atoms with van der Waals surface area (Å²) in [5.74, 6) is -1.36. The molecule has 4 aromatic rings. The lowest BCUT2D eigenvalue weighted by Gasteiger charge is -2.23. The van der Waals surface area contributed by atoms with Gasteiger partial charge in [-0.05, 0) is 24.6 Å². The quantitative estimate of drug-likeness (QED) is 0.502. The van der Waals surface area contributed by atoms with Gasteiger partial charge in [0.15, 0.2) is 5.82 Å². The summed E-state index contributed by atoms with van der Waals surface area (Å²) in [5, 5.41) is 1.37. The van der Waals surface area contributed by atoms with Gasteiger partial charge in [-0.3, -0.25) is 9.97 Å². The molecule has 0 bridgehead atoms. The molecule has 1 aromatic carbocycles. The van der Waals surface area contributed by atoms with Crippen molar-refractivity contribution in [1.29, 1.82) is 0 Å². The summed E-state index contributed by atoms with van der Waals surface area (Å²) in [5.41, 5.74) is -0.289. The molecule has 1 saturated carbocycles. The van der Waals surface area contributed by atoms with Crippen molar-refractivity contribution in [2.75, 3.05) is 24.7 Å². The number of aromatic amines is 1. The molecule has 3 aromatic heterocycles. The van der Waals surface area contributed by atoms with Gasteiger partial charge >= 0.3 is 5.69 Å². The maximum Gasteiger partial charge on any atom is 0.347 e. The molecular formula is C23H18F3N5O2. The molecule has 0 unspecified atom stereocenters. The van der Waals surface area contributed by atoms with Crippen LogP contribution in [0.4, 0.5) is 19.0 Å². The first kappa shape index (κ1) is 20.1. The Kier molecular flexibility index (Phi) is 4.41. The van der Waals surface area contributed by atoms with E-state index in [1.165, 1.54) is 18.5 Å². The van der Waals surface area contributed by atoms with Crippen molar-refractivity contribution in [3.05, 3.63) is 58.4 Å². The van der Waals surface area contributed by atoms with Crippen LogP contribution < -0.4 is 10.6 Å². The number of hydrogen-bond acceptors (Lipinski definition) is 6. The van der Waals surface area contributed by atoms with E-state index in [-0.39, 0.29) is 28.3 Å². The van der Waals surface area contributed by atoms with Crippen LogP contribution >= 0.6 is 0 Å². The van der Waals surface area contributed by atoms with Crippen molar-refractivity contribution in [3.63, 3.8) is 0 Å². The molecule has 168 valence electrons. The molecule has 1 aliphatic carbocycles. The number of ether oxygens (including phenoxy) is 1. The molecule has 7 nitrogen and oxygen atoms in total. The molecule has 1 N–H and O–H groups in total. The van der Waals surface area contributed by atoms with Crippen LogP contribution in [0.3, 0.4) is 0 Å². The number of aromatic nitrogens is 4. The summed E-state index contributed by atoms with van der Waals surface area (Å²) in [7, 11) is 0. The summed E-state index contributed by atoms with van der Waals surface area (Å²) in [6, 6.07) is 2.43. The summed E-state index contributed by atoms with van der Waals surface area (Å²) >= 11 is 0. The van der Waals surface area contributed by atoms with E-state index in [0.717, 1.165) is 0 Å². The minimum Gasteiger partial charge on any atom is -0.379 e. The van der Waals surface area contributed by atoms with Crippen molar-refractivity contribution in [2.24, 2.45) is 5.92 Å². The van der Waals surface area contributed by atoms with E-state index in [1.54, 1.807) is 24.1 Å². The second-order valence-electron chi connectivity index (χ2n) is 8.40. The van der Waals surface area contributed by atoms with Gasteiger partial charge in [0.25, 0.3) is 0 Å². The Bertz CT molecular complexity index is 1490. The number of aryl methyl sites for hydroxylation is 1. The van der Waals surface area contributed by atoms with E-state index in [4.69, 9.17) is 4.74 Å². The first-order valence-electron chi connectivity index (χ1n) is 10.6. The normalized spacial score (nSPS) is 22.4. The summed E-state index contributed by atoms with van der Waals surface area (Å²) in [6.07, 6.45) is 3.28. The molecule has 33 heavy (non-hydrogen) atoms. The van der Waals surface area contributed by atoms with Crippen LogP contribution in [0.15, 0.2) is 35.5 Å². The Balaban J connectivity index is 1.57. The zero-order valence-electron chi connectivity index (χ0n) is 17.5. The Hall–Kier alpha value is -3.53. The predicted molar refractivity (Wildman–Crippen MR) is 116 cm³/mol. The summed E-state index contributed by atoms with van der Waals surface area (Å²) < 4.78 is 49.9. The van der Waals surface area contributed by atoms with Crippen LogP contribution in [-0.4, -0.2) is 51.9 Å². The number of anilines is 1. The Morgan fingerprint density at radius 1 is 1.21 bits per heavy atom. The van der Waals surface area contributed by atoms with Gasteiger partial charge in [-0.25, -0.2) is 18.0 Å². The fraction of sp³-hybridized carbons (Fsp3) is 0.304. The van der Waals surface area contributed by atoms with Crippen LogP contribution in [0, 0.1) is 24.5 Å². The Morgan fingerprint density at radius 2 is 2.06 bits per heavy atom. The lowest BCUT2D eigenvalue weighted by atomic mass is 9.99. The lowest BCUT2D eigenvalue weighted by Crippen LogP contribution is -2.33. The fourth-order valence-electron chi connectivity index (χ4n) is 4.77. The minimum absolute atomic E-state index is 0.0750. The monoisotopic (exact) mass is 453 g/mol. The predicted octanol–water partition coefficient (Wildman–Crippen LogP) is 3.29. The standard InChI is InChI=1S/C23H18F3N5O2/c1-10-15(24)3-2-11-6-27-7-12(16(10)11)19-18(26)20-13(8-28-19)22(30-23(32)29-20)31-4-5-33-9-14-17(25)21(14)31/h2-3,6-8,14,17,21H,4-5,9H2,1H3,(H,29,30,32)/t14-,17-,21-/m0/s1. The second kappa shape index (κ2) is 7.24. The molecule has 1 aliphatic heterocycles. The average molecular weight is 453 g/mol. The number of rotatable bonds is 2. The SMILES string of the molecule is Cc1c(F)ccc2cncc(-c3ncc4c(N5CCOC[C@H]6[C@H](F)[C@H]65)nc(=O)[nH]c4c3F)c12. The van der Waals surface area contributed by atoms with Gasteiger partial charge in [0.2, 0.25) is 0 Å². The van der Waals surface area contributed by atoms with Crippen molar-refractivity contribution in [3.8, 4) is 11.3 Å². The highest BCUT2D eigenvalue weighted by Crippen LogP contribution is 2.44. The zero-order valence-corrected chi connectivity index (χ0v) is 17.5. The molecular weight excluding hydrogens is 435 g/mol. The highest BCUT2D eigenvalue weighted by molar-refractivity contribution is 6.00. The Labute approximate surface area is 185 Å². The van der Waals surface area contributed by atoms with E-state index >= 15 is 4.39 Å². The van der Waals surface area contributed by atoms with Crippen LogP contribution in [0.2, 0.25) is 0 Å². The minimum atomic E-state index is -1.10. The number of nitrogens with zero attached hydrogens (tertiary/aromatic N) is 4. The largest absolute Gasteiger partial charge is 0.379 e. The molecule has 0 radical (unpaired) electrons. The van der Waals surface area contributed by atoms with Crippen LogP contribution in [0.1, 0.15) is 5.56 Å². The molecule has 2 aliphatic rings. The van der Waals surface area contributed by atoms with Crippen LogP contribution in [0.5, 0.6) is 0 Å². The van der Waals surface area contributed by atoms with E-state index in [2.05, 4.69) is 19.9 Å². The topological polar surface area (TPSA) is 84.0 Å². The third kappa shape index (κ3) is 3.01. The molecule has 10 heteroatoms. The van der Waals surface area contributed by atoms with Gasteiger partial charge in [-0.2, -0.15) is 4.98 Å². The van der Waals surface area contributed by atoms with E-state index in [0.29, 0.717) is 41.7 Å². The highest BCUT2D eigenvalue weighted by Gasteiger charge is 2.56. The first-order chi connectivity index (χ1) is 16.0. The number of halogens is 3. The van der Waals surface area contributed by atoms with Gasteiger partial charge in [-0.1, -0.05) is 0 Å². The van der Waals surface area contributed by atoms with Crippen molar-refractivity contribution >= 4 is 27.5 Å². The van der Waals surface area contributed by atoms with E-state index in [1.807, 2.05) is 0 Å². The lowest BCUT2D eigenvalue weighted by molar-refractivity contribution is 0.131. The number of hydrogen-bond donors (Lipinski definition) is 1. The van der Waals surface area contributed by atoms with Gasteiger partial charge < -0.3 is 14.6 Å². The van der Waals surface area contributed by atoms with Crippen molar-refractivity contribution in [2.45, 2.75) is 19.1 Å². The summed E-state index contributed by atoms with van der Waals surface area (Å²) in [6.45, 7) is 2.56. The number of H-pyrrole nitrogens is 1. The van der Waals surface area contributed by atoms with Crippen molar-refractivity contribution < 1.29 is 17.9 Å². The van der Waals surface area contributed by atoms with Crippen LogP contribution in [0.25, 0.3) is 32.9 Å². The number of nitrogens with one attached hydrogen (secondary N) is 1. The Morgan fingerprint density at radius 3 is 2.91 bits per heavy atom. The smallest absolute Gasteiger partial charge is 0.347 e. The van der Waals surface area contributed by atoms with E-state index in [9.17, 15) is 13.6 Å². The maximum atomic E-state index is 15.8. The van der Waals surface area contributed by atoms with Gasteiger partial charge in [-0.15, -0.1) is 0 Å². The zero-order chi connectivity index (χ0) is 22.9. The van der Waals surface area contributed by atoms with Crippen molar-refractivity contribution in [1.82, 2.24) is 19.9 Å². The third-order valence-corrected chi connectivity index (χ3v) is 6.52. The first-order valence-corrected chi connectivity index (χ1v) is 10.6. The molecule has 2 fully saturated rings. The number of fused-ring (bicyclic) bond motifs is 3. The molecule has 0 spiro atoms.